The van der Waals surface area contributed by atoms with E-state index in [1.807, 2.05) is 0 Å². The first-order valence-corrected chi connectivity index (χ1v) is 3.76. The fourth-order valence-corrected chi connectivity index (χ4v) is 0.936. The van der Waals surface area contributed by atoms with Crippen LogP contribution in [0.25, 0.3) is 0 Å². The molecule has 14 heavy (non-hydrogen) atoms. The summed E-state index contributed by atoms with van der Waals surface area (Å²) < 4.78 is 0. The minimum Gasteiger partial charge on any atom is -0.366 e. The third-order valence-electron chi connectivity index (χ3n) is 1.65. The Labute approximate surface area is 80.2 Å². The van der Waals surface area contributed by atoms with Gasteiger partial charge in [-0.3, -0.25) is 4.79 Å². The van der Waals surface area contributed by atoms with E-state index >= 15 is 0 Å². The van der Waals surface area contributed by atoms with Crippen LogP contribution in [0.1, 0.15) is 10.4 Å². The number of primary amides is 2. The fourth-order valence-electron chi connectivity index (χ4n) is 0.936. The SMILES string of the molecule is NC(=O)c1cccc(N(N)C(N)=O)c1. The number of carbonyl (C=O) groups excluding carboxylic acids is 2. The third kappa shape index (κ3) is 1.99. The van der Waals surface area contributed by atoms with E-state index in [4.69, 9.17) is 17.3 Å². The predicted octanol–water partition coefficient (Wildman–Crippen LogP) is -0.456. The van der Waals surface area contributed by atoms with Gasteiger partial charge in [0.15, 0.2) is 0 Å². The molecule has 0 aliphatic heterocycles. The Morgan fingerprint density at radius 2 is 1.86 bits per heavy atom. The smallest absolute Gasteiger partial charge is 0.333 e. The Morgan fingerprint density at radius 1 is 1.21 bits per heavy atom. The number of carbonyl (C=O) groups is 2. The van der Waals surface area contributed by atoms with Crippen LogP contribution in [0.2, 0.25) is 0 Å². The third-order valence-corrected chi connectivity index (χ3v) is 1.65. The second-order valence-corrected chi connectivity index (χ2v) is 2.62. The van der Waals surface area contributed by atoms with Crippen LogP contribution in [0.5, 0.6) is 0 Å². The maximum Gasteiger partial charge on any atom is 0.333 e. The standard InChI is InChI=1S/C8H10N4O2/c9-7(13)5-2-1-3-6(4-5)12(11)8(10)14/h1-4H,11H2,(H2,9,13)(H2,10,14). The van der Waals surface area contributed by atoms with Crippen molar-refractivity contribution in [2.24, 2.45) is 17.3 Å². The molecule has 6 heteroatoms. The number of nitrogens with two attached hydrogens (primary N) is 3. The lowest BCUT2D eigenvalue weighted by molar-refractivity contribution is 0.100. The molecule has 1 rings (SSSR count). The van der Waals surface area contributed by atoms with Gasteiger partial charge in [-0.25, -0.2) is 15.6 Å². The number of rotatable bonds is 2. The number of urea groups is 1. The van der Waals surface area contributed by atoms with Crippen LogP contribution in [-0.2, 0) is 0 Å². The van der Waals surface area contributed by atoms with Gasteiger partial charge in [-0.05, 0) is 18.2 Å². The highest BCUT2D eigenvalue weighted by atomic mass is 16.2. The molecule has 0 fully saturated rings. The van der Waals surface area contributed by atoms with Crippen molar-refractivity contribution in [2.75, 3.05) is 5.01 Å². The molecule has 1 aromatic rings. The largest absolute Gasteiger partial charge is 0.366 e. The molecule has 6 N–H and O–H groups in total. The second-order valence-electron chi connectivity index (χ2n) is 2.62. The molecule has 0 saturated carbocycles. The van der Waals surface area contributed by atoms with Gasteiger partial charge in [0.05, 0.1) is 5.69 Å². The Morgan fingerprint density at radius 3 is 2.36 bits per heavy atom. The summed E-state index contributed by atoms with van der Waals surface area (Å²) in [5.74, 6) is 4.72. The lowest BCUT2D eigenvalue weighted by Crippen LogP contribution is -2.41. The number of benzene rings is 1. The molecule has 0 saturated heterocycles. The molecule has 0 aromatic heterocycles. The Balaban J connectivity index is 3.05. The Bertz CT molecular complexity index is 377. The molecule has 0 unspecified atom stereocenters. The van der Waals surface area contributed by atoms with Gasteiger partial charge in [-0.2, -0.15) is 0 Å². The minimum atomic E-state index is -0.813. The van der Waals surface area contributed by atoms with E-state index in [-0.39, 0.29) is 5.56 Å². The van der Waals surface area contributed by atoms with E-state index in [9.17, 15) is 9.59 Å². The first-order chi connectivity index (χ1) is 6.52. The van der Waals surface area contributed by atoms with Gasteiger partial charge in [-0.1, -0.05) is 6.07 Å². The average Bonchev–Trinajstić information content (AvgIpc) is 2.16. The summed E-state index contributed by atoms with van der Waals surface area (Å²) in [5.41, 5.74) is 10.6. The zero-order chi connectivity index (χ0) is 10.7. The van der Waals surface area contributed by atoms with E-state index in [2.05, 4.69) is 0 Å². The molecule has 74 valence electrons. The van der Waals surface area contributed by atoms with Crippen LogP contribution < -0.4 is 22.3 Å². The molecular formula is C8H10N4O2. The lowest BCUT2D eigenvalue weighted by atomic mass is 10.2. The zero-order valence-corrected chi connectivity index (χ0v) is 7.31. The molecule has 0 radical (unpaired) electrons. The maximum atomic E-state index is 10.8. The normalized spacial score (nSPS) is 9.50. The van der Waals surface area contributed by atoms with Crippen molar-refractivity contribution in [2.45, 2.75) is 0 Å². The number of hydrogen-bond acceptors (Lipinski definition) is 3. The molecule has 6 nitrogen and oxygen atoms in total. The van der Waals surface area contributed by atoms with Crippen LogP contribution >= 0.6 is 0 Å². The number of hydrogen-bond donors (Lipinski definition) is 3. The van der Waals surface area contributed by atoms with Crippen molar-refractivity contribution in [1.82, 2.24) is 0 Å². The number of anilines is 1. The number of amides is 3. The molecular weight excluding hydrogens is 184 g/mol. The van der Waals surface area contributed by atoms with Gasteiger partial charge in [0.25, 0.3) is 0 Å². The molecule has 0 spiro atoms. The highest BCUT2D eigenvalue weighted by Gasteiger charge is 2.08. The van der Waals surface area contributed by atoms with Crippen LogP contribution in [0.4, 0.5) is 10.5 Å². The molecule has 3 amide bonds. The summed E-state index contributed by atoms with van der Waals surface area (Å²) in [7, 11) is 0. The first kappa shape index (κ1) is 10.0. The quantitative estimate of drug-likeness (QED) is 0.336. The Kier molecular flexibility index (Phi) is 2.68. The maximum absolute atomic E-state index is 10.8. The van der Waals surface area contributed by atoms with Crippen molar-refractivity contribution in [1.29, 1.82) is 0 Å². The molecule has 1 aromatic carbocycles. The lowest BCUT2D eigenvalue weighted by Gasteiger charge is -2.13. The van der Waals surface area contributed by atoms with Gasteiger partial charge < -0.3 is 11.5 Å². The van der Waals surface area contributed by atoms with E-state index in [0.717, 1.165) is 5.01 Å². The molecule has 0 heterocycles. The zero-order valence-electron chi connectivity index (χ0n) is 7.31. The number of hydrazine groups is 1. The summed E-state index contributed by atoms with van der Waals surface area (Å²) in [6.07, 6.45) is 0. The van der Waals surface area contributed by atoms with Gasteiger partial charge in [-0.15, -0.1) is 0 Å². The van der Waals surface area contributed by atoms with Crippen LogP contribution in [0.3, 0.4) is 0 Å². The first-order valence-electron chi connectivity index (χ1n) is 3.76. The van der Waals surface area contributed by atoms with Crippen LogP contribution in [0, 0.1) is 0 Å². The van der Waals surface area contributed by atoms with Crippen molar-refractivity contribution in [3.63, 3.8) is 0 Å². The van der Waals surface area contributed by atoms with Crippen molar-refractivity contribution < 1.29 is 9.59 Å². The number of nitrogens with zero attached hydrogens (tertiary/aromatic N) is 1. The molecule has 0 atom stereocenters. The van der Waals surface area contributed by atoms with Gasteiger partial charge >= 0.3 is 6.03 Å². The summed E-state index contributed by atoms with van der Waals surface area (Å²) in [4.78, 5) is 21.5. The molecule has 0 aliphatic carbocycles. The highest BCUT2D eigenvalue weighted by Crippen LogP contribution is 2.12. The second kappa shape index (κ2) is 3.75. The summed E-state index contributed by atoms with van der Waals surface area (Å²) in [6.45, 7) is 0. The average molecular weight is 194 g/mol. The fraction of sp³-hybridized carbons (Fsp3) is 0. The minimum absolute atomic E-state index is 0.263. The van der Waals surface area contributed by atoms with Gasteiger partial charge in [0.2, 0.25) is 5.91 Å². The van der Waals surface area contributed by atoms with E-state index in [1.165, 1.54) is 18.2 Å². The van der Waals surface area contributed by atoms with Crippen LogP contribution in [0.15, 0.2) is 24.3 Å². The molecule has 0 bridgehead atoms. The van der Waals surface area contributed by atoms with Gasteiger partial charge in [0, 0.05) is 5.56 Å². The highest BCUT2D eigenvalue weighted by molar-refractivity contribution is 5.95. The van der Waals surface area contributed by atoms with Crippen molar-refractivity contribution >= 4 is 17.6 Å². The topological polar surface area (TPSA) is 115 Å². The van der Waals surface area contributed by atoms with Crippen molar-refractivity contribution in [3.05, 3.63) is 29.8 Å². The van der Waals surface area contributed by atoms with Crippen molar-refractivity contribution in [3.8, 4) is 0 Å². The monoisotopic (exact) mass is 194 g/mol. The van der Waals surface area contributed by atoms with Crippen LogP contribution in [-0.4, -0.2) is 11.9 Å². The van der Waals surface area contributed by atoms with E-state index in [0.29, 0.717) is 5.69 Å². The van der Waals surface area contributed by atoms with Gasteiger partial charge in [0.1, 0.15) is 0 Å². The predicted molar refractivity (Wildman–Crippen MR) is 51.2 cm³/mol. The summed E-state index contributed by atoms with van der Waals surface area (Å²) in [6, 6.07) is 5.18. The Hall–Kier alpha value is -2.08. The summed E-state index contributed by atoms with van der Waals surface area (Å²) in [5, 5.41) is 0.729. The van der Waals surface area contributed by atoms with E-state index < -0.39 is 11.9 Å². The van der Waals surface area contributed by atoms with E-state index in [1.54, 1.807) is 6.07 Å². The molecule has 0 aliphatic rings. The summed E-state index contributed by atoms with van der Waals surface area (Å²) >= 11 is 0.